The van der Waals surface area contributed by atoms with E-state index in [-0.39, 0.29) is 29.1 Å². The first-order chi connectivity index (χ1) is 24.3. The molecule has 0 radical (unpaired) electrons. The average Bonchev–Trinajstić information content (AvgIpc) is 3.19. The highest BCUT2D eigenvalue weighted by Gasteiger charge is 2.45. The first-order valence-corrected chi connectivity index (χ1v) is 19.9. The molecule has 1 saturated heterocycles. The second-order valence-electron chi connectivity index (χ2n) is 15.5. The minimum Gasteiger partial charge on any atom is -0.490 e. The highest BCUT2D eigenvalue weighted by atomic mass is 35.5. The highest BCUT2D eigenvalue weighted by molar-refractivity contribution is 7.92. The lowest BCUT2D eigenvalue weighted by Crippen LogP contribution is -2.61. The summed E-state index contributed by atoms with van der Waals surface area (Å²) >= 11 is 6.47. The van der Waals surface area contributed by atoms with E-state index < -0.39 is 27.5 Å². The molecule has 7 rings (SSSR count). The zero-order valence-electron chi connectivity index (χ0n) is 30.2. The number of fused-ring (bicyclic) bond motifs is 4. The van der Waals surface area contributed by atoms with E-state index in [1.54, 1.807) is 38.0 Å². The molecular formula is C38H50ClN5O6S. The molecule has 2 aromatic carbocycles. The Hall–Kier alpha value is -3.16. The molecule has 1 spiro atoms. The fourth-order valence-electron chi connectivity index (χ4n) is 8.20. The monoisotopic (exact) mass is 739 g/mol. The minimum absolute atomic E-state index is 0.105. The maximum atomic E-state index is 15.1. The number of halogens is 1. The summed E-state index contributed by atoms with van der Waals surface area (Å²) in [6, 6.07) is 11.1. The van der Waals surface area contributed by atoms with E-state index in [2.05, 4.69) is 26.1 Å². The van der Waals surface area contributed by atoms with Crippen LogP contribution in [0.1, 0.15) is 50.7 Å². The first-order valence-electron chi connectivity index (χ1n) is 18.0. The number of aryl methyl sites for hydroxylation is 1. The Morgan fingerprint density at radius 2 is 1.94 bits per heavy atom. The smallest absolute Gasteiger partial charge is 0.330 e. The van der Waals surface area contributed by atoms with Crippen molar-refractivity contribution in [3.8, 4) is 5.75 Å². The van der Waals surface area contributed by atoms with Crippen molar-refractivity contribution in [2.24, 2.45) is 16.2 Å². The number of carbonyl (C=O) groups excluding carboxylic acids is 2. The van der Waals surface area contributed by atoms with Crippen LogP contribution < -0.4 is 14.4 Å². The third-order valence-electron chi connectivity index (χ3n) is 11.7. The number of anilines is 1. The lowest BCUT2D eigenvalue weighted by molar-refractivity contribution is -0.137. The molecule has 3 amide bonds. The predicted octanol–water partition coefficient (Wildman–Crippen LogP) is 5.44. The van der Waals surface area contributed by atoms with E-state index in [1.165, 1.54) is 11.1 Å². The summed E-state index contributed by atoms with van der Waals surface area (Å²) < 4.78 is 40.7. The van der Waals surface area contributed by atoms with E-state index in [9.17, 15) is 9.59 Å². The fourth-order valence-corrected chi connectivity index (χ4v) is 10.0. The second-order valence-corrected chi connectivity index (χ2v) is 17.9. The summed E-state index contributed by atoms with van der Waals surface area (Å²) in [5, 5.41) is 0.730. The maximum Gasteiger partial charge on any atom is 0.330 e. The number of benzene rings is 2. The summed E-state index contributed by atoms with van der Waals surface area (Å²) in [5.41, 5.74) is 1.57. The number of methoxy groups -OCH3 is 1. The van der Waals surface area contributed by atoms with Crippen LogP contribution in [0.2, 0.25) is 5.02 Å². The molecule has 2 aliphatic carbocycles. The van der Waals surface area contributed by atoms with Gasteiger partial charge in [-0.3, -0.25) is 4.79 Å². The summed E-state index contributed by atoms with van der Waals surface area (Å²) in [6.45, 7) is 6.20. The van der Waals surface area contributed by atoms with Gasteiger partial charge < -0.3 is 28.9 Å². The molecule has 2 bridgehead atoms. The van der Waals surface area contributed by atoms with Crippen LogP contribution in [0, 0.1) is 11.8 Å². The Morgan fingerprint density at radius 3 is 2.67 bits per heavy atom. The standard InChI is InChI=1S/C38H50ClN5O6S/c1-37(2)35(45)40-51(47,41-36(46)43-21-28(22-43)42(3)4)29-12-15-34-32(19-29)44(20-26-10-13-30(26)33(48-5)9-7-17-50-37)23-38(24-49-34)16-6-8-25-18-27(39)11-14-31(25)38/h7,9,11-12,14-15,18-19,26,28,30,33H,6,8,10,13,16-17,20-24H2,1-5H3,(H,40,41,45,46,47)/b9-7+/t26-,30+,33-,38-,51?/m0/s1. The Bertz CT molecular complexity index is 1840. The van der Waals surface area contributed by atoms with Crippen molar-refractivity contribution in [2.45, 2.75) is 74.0 Å². The Morgan fingerprint density at radius 1 is 1.14 bits per heavy atom. The van der Waals surface area contributed by atoms with Gasteiger partial charge >= 0.3 is 6.03 Å². The van der Waals surface area contributed by atoms with Gasteiger partial charge in [0.25, 0.3) is 5.91 Å². The van der Waals surface area contributed by atoms with Gasteiger partial charge in [-0.05, 0) is 113 Å². The second kappa shape index (κ2) is 14.0. The van der Waals surface area contributed by atoms with Crippen molar-refractivity contribution in [1.29, 1.82) is 0 Å². The third kappa shape index (κ3) is 7.02. The number of hydrogen-bond donors (Lipinski definition) is 1. The van der Waals surface area contributed by atoms with E-state index in [0.717, 1.165) is 49.4 Å². The van der Waals surface area contributed by atoms with E-state index in [1.807, 2.05) is 43.3 Å². The number of carbonyl (C=O) groups is 2. The van der Waals surface area contributed by atoms with Crippen molar-refractivity contribution in [3.05, 3.63) is 64.7 Å². The van der Waals surface area contributed by atoms with Crippen LogP contribution in [-0.4, -0.2) is 104 Å². The molecule has 11 nitrogen and oxygen atoms in total. The van der Waals surface area contributed by atoms with Crippen LogP contribution in [0.4, 0.5) is 10.5 Å². The number of likely N-dealkylation sites (tertiary alicyclic amines) is 1. The molecule has 2 fully saturated rings. The largest absolute Gasteiger partial charge is 0.490 e. The molecule has 5 atom stereocenters. The number of likely N-dealkylation sites (N-methyl/N-ethyl adjacent to an activating group) is 1. The molecule has 1 saturated carbocycles. The zero-order chi connectivity index (χ0) is 36.1. The summed E-state index contributed by atoms with van der Waals surface area (Å²) in [5.74, 6) is 0.552. The van der Waals surface area contributed by atoms with Gasteiger partial charge in [0.15, 0.2) is 9.92 Å². The van der Waals surface area contributed by atoms with Crippen molar-refractivity contribution >= 4 is 39.1 Å². The summed E-state index contributed by atoms with van der Waals surface area (Å²) in [6.07, 6.45) is 8.81. The minimum atomic E-state index is -3.81. The molecule has 0 aromatic heterocycles. The lowest BCUT2D eigenvalue weighted by atomic mass is 9.68. The van der Waals surface area contributed by atoms with Gasteiger partial charge in [0.1, 0.15) is 11.4 Å². The number of hydrogen-bond acceptors (Lipinski definition) is 8. The first kappa shape index (κ1) is 36.2. The number of urea groups is 1. The van der Waals surface area contributed by atoms with Crippen LogP contribution in [0.3, 0.4) is 0 Å². The molecule has 13 heteroatoms. The lowest BCUT2D eigenvalue weighted by Gasteiger charge is -2.46. The molecule has 1 unspecified atom stereocenters. The van der Waals surface area contributed by atoms with Crippen molar-refractivity contribution < 1.29 is 28.0 Å². The Balaban J connectivity index is 1.33. The fraction of sp³-hybridized carbons (Fsp3) is 0.579. The number of nitrogens with one attached hydrogen (secondary N) is 1. The summed E-state index contributed by atoms with van der Waals surface area (Å²) in [4.78, 5) is 33.6. The number of amides is 3. The SMILES string of the molecule is CO[C@H]1/C=C/COC(C)(C)C(=O)N=S(=O)(NC(=O)N2CC(N(C)C)C2)c2ccc3c(c2)N(C[C@@H]2CC[C@H]21)C[C@@]1(CCCc2cc(Cl)ccc21)CO3. The number of ether oxygens (including phenoxy) is 3. The van der Waals surface area contributed by atoms with Crippen LogP contribution in [0.5, 0.6) is 5.75 Å². The normalized spacial score (nSPS) is 31.3. The number of rotatable bonds is 3. The Kier molecular flexibility index (Phi) is 9.94. The molecule has 276 valence electrons. The zero-order valence-corrected chi connectivity index (χ0v) is 31.8. The highest BCUT2D eigenvalue weighted by Crippen LogP contribution is 2.47. The van der Waals surface area contributed by atoms with Gasteiger partial charge in [0, 0.05) is 49.8 Å². The average molecular weight is 740 g/mol. The molecular weight excluding hydrogens is 690 g/mol. The van der Waals surface area contributed by atoms with Crippen LogP contribution in [-0.2, 0) is 36.0 Å². The quantitative estimate of drug-likeness (QED) is 0.415. The Labute approximate surface area is 306 Å². The van der Waals surface area contributed by atoms with E-state index >= 15 is 4.21 Å². The molecule has 2 aromatic rings. The topological polar surface area (TPSA) is 113 Å². The van der Waals surface area contributed by atoms with Gasteiger partial charge in [-0.2, -0.15) is 0 Å². The summed E-state index contributed by atoms with van der Waals surface area (Å²) in [7, 11) is 1.85. The van der Waals surface area contributed by atoms with E-state index in [0.29, 0.717) is 43.8 Å². The van der Waals surface area contributed by atoms with Crippen LogP contribution in [0.25, 0.3) is 0 Å². The molecule has 51 heavy (non-hydrogen) atoms. The van der Waals surface area contributed by atoms with Crippen molar-refractivity contribution in [3.63, 3.8) is 0 Å². The van der Waals surface area contributed by atoms with Gasteiger partial charge in [-0.15, -0.1) is 4.36 Å². The van der Waals surface area contributed by atoms with Crippen molar-refractivity contribution in [2.75, 3.05) is 65.5 Å². The predicted molar refractivity (Wildman–Crippen MR) is 198 cm³/mol. The number of nitrogens with zero attached hydrogens (tertiary/aromatic N) is 4. The maximum absolute atomic E-state index is 15.1. The van der Waals surface area contributed by atoms with Gasteiger partial charge in [-0.25, -0.2) is 13.7 Å². The van der Waals surface area contributed by atoms with Crippen LogP contribution >= 0.6 is 11.6 Å². The molecule has 3 heterocycles. The molecule has 1 N–H and O–H groups in total. The van der Waals surface area contributed by atoms with Gasteiger partial charge in [0.2, 0.25) is 0 Å². The molecule has 5 aliphatic rings. The van der Waals surface area contributed by atoms with Gasteiger partial charge in [-0.1, -0.05) is 29.8 Å². The van der Waals surface area contributed by atoms with E-state index in [4.69, 9.17) is 25.8 Å². The molecule has 3 aliphatic heterocycles. The van der Waals surface area contributed by atoms with Crippen molar-refractivity contribution in [1.82, 2.24) is 14.5 Å². The van der Waals surface area contributed by atoms with Crippen LogP contribution in [0.15, 0.2) is 57.8 Å². The third-order valence-corrected chi connectivity index (χ3v) is 13.7. The van der Waals surface area contributed by atoms with Gasteiger partial charge in [0.05, 0.1) is 29.9 Å².